The summed E-state index contributed by atoms with van der Waals surface area (Å²) in [4.78, 5) is 41.2. The van der Waals surface area contributed by atoms with Crippen LogP contribution in [0.25, 0.3) is 11.0 Å². The fourth-order valence-electron chi connectivity index (χ4n) is 5.44. The maximum atomic E-state index is 13.2. The monoisotopic (exact) mass is 543 g/mol. The number of allylic oxidation sites excluding steroid dienone is 2. The van der Waals surface area contributed by atoms with Gasteiger partial charge in [-0.3, -0.25) is 14.6 Å². The molecule has 0 unspecified atom stereocenters. The highest BCUT2D eigenvalue weighted by atomic mass is 16.1. The summed E-state index contributed by atoms with van der Waals surface area (Å²) in [5.74, 6) is 0.470. The van der Waals surface area contributed by atoms with Crippen LogP contribution in [0.2, 0.25) is 0 Å². The number of aromatic nitrogens is 4. The second kappa shape index (κ2) is 11.5. The Hall–Kier alpha value is -4.25. The molecule has 2 aliphatic rings. The molecule has 4 heterocycles. The number of rotatable bonds is 8. The number of piperidine rings is 1. The van der Waals surface area contributed by atoms with E-state index in [9.17, 15) is 9.59 Å². The predicted molar refractivity (Wildman–Crippen MR) is 160 cm³/mol. The number of hydrogen-bond acceptors (Lipinski definition) is 8. The molecule has 0 aliphatic carbocycles. The van der Waals surface area contributed by atoms with Crippen molar-refractivity contribution in [1.29, 1.82) is 0 Å². The van der Waals surface area contributed by atoms with Crippen molar-refractivity contribution < 1.29 is 4.79 Å². The van der Waals surface area contributed by atoms with Crippen LogP contribution in [0.4, 0.5) is 17.3 Å². The minimum Gasteiger partial charge on any atom is -0.370 e. The molecule has 2 aliphatic heterocycles. The van der Waals surface area contributed by atoms with Gasteiger partial charge in [0.25, 0.3) is 5.56 Å². The molecule has 0 bridgehead atoms. The summed E-state index contributed by atoms with van der Waals surface area (Å²) in [6, 6.07) is 8.25. The smallest absolute Gasteiger partial charge is 0.278 e. The molecular formula is C29H37N9O2. The SMILES string of the molecule is C=CCn1c(=O)c2cnc(Nc3ccc(N4CC5(CCNCC5)C4)cc3)nc2n1C(/C=C\C(=O)NC(C)C)=NC. The van der Waals surface area contributed by atoms with Gasteiger partial charge in [-0.05, 0) is 70.1 Å². The van der Waals surface area contributed by atoms with Crippen LogP contribution in [0.3, 0.4) is 0 Å². The zero-order chi connectivity index (χ0) is 28.3. The van der Waals surface area contributed by atoms with Gasteiger partial charge in [0.1, 0.15) is 11.2 Å². The van der Waals surface area contributed by atoms with Crippen molar-refractivity contribution in [3.63, 3.8) is 0 Å². The molecule has 210 valence electrons. The third-order valence-corrected chi connectivity index (χ3v) is 7.44. The molecule has 0 saturated carbocycles. The van der Waals surface area contributed by atoms with Crippen molar-refractivity contribution in [3.05, 3.63) is 65.6 Å². The zero-order valence-electron chi connectivity index (χ0n) is 23.4. The number of aliphatic imine (C=N–C) groups is 1. The largest absolute Gasteiger partial charge is 0.370 e. The molecule has 2 aromatic heterocycles. The number of carbonyl (C=O) groups excluding carboxylic acids is 1. The first kappa shape index (κ1) is 27.3. The molecule has 40 heavy (non-hydrogen) atoms. The van der Waals surface area contributed by atoms with Crippen molar-refractivity contribution in [2.45, 2.75) is 39.3 Å². The lowest BCUT2D eigenvalue weighted by Gasteiger charge is -2.53. The van der Waals surface area contributed by atoms with Crippen molar-refractivity contribution in [2.24, 2.45) is 10.4 Å². The lowest BCUT2D eigenvalue weighted by atomic mass is 9.72. The number of anilines is 3. The van der Waals surface area contributed by atoms with Gasteiger partial charge < -0.3 is 20.9 Å². The molecule has 1 aromatic carbocycles. The molecule has 0 radical (unpaired) electrons. The van der Waals surface area contributed by atoms with Gasteiger partial charge in [-0.25, -0.2) is 14.3 Å². The normalized spacial score (nSPS) is 17.0. The molecule has 3 N–H and O–H groups in total. The maximum Gasteiger partial charge on any atom is 0.278 e. The topological polar surface area (TPSA) is 121 Å². The summed E-state index contributed by atoms with van der Waals surface area (Å²) in [6.45, 7) is 12.2. The summed E-state index contributed by atoms with van der Waals surface area (Å²) in [5, 5.41) is 9.86. The maximum absolute atomic E-state index is 13.2. The lowest BCUT2D eigenvalue weighted by molar-refractivity contribution is -0.116. The van der Waals surface area contributed by atoms with Crippen LogP contribution in [-0.4, -0.2) is 70.3 Å². The fourth-order valence-corrected chi connectivity index (χ4v) is 5.44. The zero-order valence-corrected chi connectivity index (χ0v) is 23.4. The van der Waals surface area contributed by atoms with E-state index in [0.717, 1.165) is 31.9 Å². The fraction of sp³-hybridized carbons (Fsp3) is 0.414. The Morgan fingerprint density at radius 3 is 2.58 bits per heavy atom. The Kier molecular flexibility index (Phi) is 7.83. The Bertz CT molecular complexity index is 1500. The number of benzene rings is 1. The van der Waals surface area contributed by atoms with Gasteiger partial charge in [0.15, 0.2) is 5.65 Å². The van der Waals surface area contributed by atoms with Crippen molar-refractivity contribution in [3.8, 4) is 0 Å². The van der Waals surface area contributed by atoms with Crippen molar-refractivity contribution >= 4 is 40.1 Å². The number of nitrogens with one attached hydrogen (secondary N) is 3. The van der Waals surface area contributed by atoms with Gasteiger partial charge in [-0.1, -0.05) is 6.08 Å². The number of fused-ring (bicyclic) bond motifs is 1. The van der Waals surface area contributed by atoms with Crippen LogP contribution in [0, 0.1) is 5.41 Å². The van der Waals surface area contributed by atoms with Crippen LogP contribution in [0.1, 0.15) is 26.7 Å². The molecule has 3 aromatic rings. The van der Waals surface area contributed by atoms with E-state index in [-0.39, 0.29) is 24.1 Å². The van der Waals surface area contributed by atoms with Gasteiger partial charge in [0.05, 0.1) is 6.54 Å². The third kappa shape index (κ3) is 5.55. The molecule has 1 spiro atoms. The number of hydrogen-bond donors (Lipinski definition) is 3. The molecule has 5 rings (SSSR count). The molecule has 11 heteroatoms. The number of amides is 1. The molecule has 2 fully saturated rings. The first-order chi connectivity index (χ1) is 19.3. The first-order valence-corrected chi connectivity index (χ1v) is 13.7. The van der Waals surface area contributed by atoms with E-state index in [1.807, 2.05) is 26.0 Å². The van der Waals surface area contributed by atoms with Crippen LogP contribution >= 0.6 is 0 Å². The third-order valence-electron chi connectivity index (χ3n) is 7.44. The van der Waals surface area contributed by atoms with Crippen molar-refractivity contribution in [1.82, 2.24) is 30.0 Å². The molecular weight excluding hydrogens is 506 g/mol. The number of nitrogens with zero attached hydrogens (tertiary/aromatic N) is 6. The van der Waals surface area contributed by atoms with E-state index >= 15 is 0 Å². The Labute approximate surface area is 233 Å². The standard InChI is InChI=1S/C29H37N9O2/c1-5-16-37-27(40)23-17-32-28(35-26(23)38(37)24(30-4)10-11-25(39)33-20(2)3)34-21-6-8-22(9-7-21)36-18-29(19-36)12-14-31-15-13-29/h5-11,17,20,31H,1,12-16,18-19H2,2-4H3,(H,33,39)(H,32,34,35)/b11-10-,30-24?. The minimum absolute atomic E-state index is 0.00190. The van der Waals surface area contributed by atoms with E-state index in [4.69, 9.17) is 0 Å². The van der Waals surface area contributed by atoms with E-state index in [1.165, 1.54) is 35.5 Å². The summed E-state index contributed by atoms with van der Waals surface area (Å²) < 4.78 is 3.06. The molecule has 11 nitrogen and oxygen atoms in total. The van der Waals surface area contributed by atoms with Crippen molar-refractivity contribution in [2.75, 3.05) is 43.4 Å². The Morgan fingerprint density at radius 1 is 1.20 bits per heavy atom. The van der Waals surface area contributed by atoms with Gasteiger partial charge in [-0.15, -0.1) is 6.58 Å². The Morgan fingerprint density at radius 2 is 1.93 bits per heavy atom. The Balaban J connectivity index is 1.38. The van der Waals surface area contributed by atoms with Crippen LogP contribution in [-0.2, 0) is 11.3 Å². The summed E-state index contributed by atoms with van der Waals surface area (Å²) in [5.41, 5.74) is 2.63. The average Bonchev–Trinajstić information content (AvgIpc) is 3.19. The predicted octanol–water partition coefficient (Wildman–Crippen LogP) is 2.67. The molecule has 0 atom stereocenters. The van der Waals surface area contributed by atoms with Crippen LogP contribution < -0.4 is 26.4 Å². The molecule has 2 saturated heterocycles. The van der Waals surface area contributed by atoms with Gasteiger partial charge >= 0.3 is 0 Å². The average molecular weight is 544 g/mol. The summed E-state index contributed by atoms with van der Waals surface area (Å²) in [7, 11) is 1.60. The van der Waals surface area contributed by atoms with Gasteiger partial charge in [0.2, 0.25) is 11.9 Å². The number of carbonyl (C=O) groups is 1. The summed E-state index contributed by atoms with van der Waals surface area (Å²) in [6.07, 6.45) is 8.58. The van der Waals surface area contributed by atoms with Gasteiger partial charge in [0, 0.05) is 55.2 Å². The van der Waals surface area contributed by atoms with E-state index < -0.39 is 0 Å². The highest BCUT2D eigenvalue weighted by Gasteiger charge is 2.43. The highest BCUT2D eigenvalue weighted by Crippen LogP contribution is 2.41. The van der Waals surface area contributed by atoms with E-state index in [1.54, 1.807) is 23.9 Å². The van der Waals surface area contributed by atoms with Crippen LogP contribution in [0.15, 0.2) is 65.1 Å². The van der Waals surface area contributed by atoms with Gasteiger partial charge in [-0.2, -0.15) is 4.98 Å². The lowest BCUT2D eigenvalue weighted by Crippen LogP contribution is -2.60. The summed E-state index contributed by atoms with van der Waals surface area (Å²) >= 11 is 0. The minimum atomic E-state index is -0.270. The molecule has 1 amide bonds. The van der Waals surface area contributed by atoms with E-state index in [0.29, 0.717) is 28.2 Å². The van der Waals surface area contributed by atoms with E-state index in [2.05, 4.69) is 54.5 Å². The second-order valence-electron chi connectivity index (χ2n) is 10.8. The quantitative estimate of drug-likeness (QED) is 0.173. The highest BCUT2D eigenvalue weighted by molar-refractivity contribution is 6.03. The second-order valence-corrected chi connectivity index (χ2v) is 10.8. The first-order valence-electron chi connectivity index (χ1n) is 13.7. The van der Waals surface area contributed by atoms with Crippen LogP contribution in [0.5, 0.6) is 0 Å².